The van der Waals surface area contributed by atoms with Gasteiger partial charge in [0.2, 0.25) is 11.8 Å². The summed E-state index contributed by atoms with van der Waals surface area (Å²) < 4.78 is 24.3. The fourth-order valence-corrected chi connectivity index (χ4v) is 2.58. The second-order valence-corrected chi connectivity index (χ2v) is 7.37. The lowest BCUT2D eigenvalue weighted by molar-refractivity contribution is -0.128. The smallest absolute Gasteiger partial charge is 0.225 e. The van der Waals surface area contributed by atoms with Crippen LogP contribution in [0.2, 0.25) is 0 Å². The second-order valence-electron chi connectivity index (χ2n) is 7.37. The van der Waals surface area contributed by atoms with Crippen molar-refractivity contribution < 1.29 is 23.5 Å². The van der Waals surface area contributed by atoms with Crippen LogP contribution in [0.25, 0.3) is 0 Å². The molecule has 1 aromatic carbocycles. The average Bonchev–Trinajstić information content (AvgIpc) is 2.57. The molecule has 7 heteroatoms. The van der Waals surface area contributed by atoms with Crippen LogP contribution in [0, 0.1) is 11.2 Å². The monoisotopic (exact) mass is 366 g/mol. The minimum atomic E-state index is -0.431. The van der Waals surface area contributed by atoms with Crippen molar-refractivity contribution in [1.82, 2.24) is 10.6 Å². The normalized spacial score (nSPS) is 13.5. The fraction of sp³-hybridized carbons (Fsp3) is 0.579. The van der Waals surface area contributed by atoms with Crippen molar-refractivity contribution in [2.24, 2.45) is 5.41 Å². The molecule has 0 atom stereocenters. The Morgan fingerprint density at radius 2 is 1.96 bits per heavy atom. The number of fused-ring (bicyclic) bond motifs is 1. The summed E-state index contributed by atoms with van der Waals surface area (Å²) in [5.41, 5.74) is 0.979. The molecule has 1 aliphatic rings. The molecule has 0 fully saturated rings. The van der Waals surface area contributed by atoms with E-state index in [2.05, 4.69) is 10.6 Å². The van der Waals surface area contributed by atoms with E-state index in [0.717, 1.165) is 5.56 Å². The highest BCUT2D eigenvalue weighted by Crippen LogP contribution is 2.29. The summed E-state index contributed by atoms with van der Waals surface area (Å²) in [7, 11) is 0. The lowest BCUT2D eigenvalue weighted by atomic mass is 9.96. The standard InChI is InChI=1S/C19H27FN2O4/c1-19(2,3)18(24)22-7-4-5-16(23)21-8-6-13-9-15(20)10-14-11-25-12-26-17(13)14/h9-10H,4-8,11-12H2,1-3H3,(H,21,23)(H,22,24). The van der Waals surface area contributed by atoms with E-state index < -0.39 is 5.41 Å². The topological polar surface area (TPSA) is 76.7 Å². The molecule has 0 bridgehead atoms. The molecule has 0 unspecified atom stereocenters. The second kappa shape index (κ2) is 8.98. The van der Waals surface area contributed by atoms with Gasteiger partial charge in [-0.15, -0.1) is 0 Å². The SMILES string of the molecule is CC(C)(C)C(=O)NCCCC(=O)NCCc1cc(F)cc2c1OCOC2. The van der Waals surface area contributed by atoms with Gasteiger partial charge in [0.25, 0.3) is 0 Å². The van der Waals surface area contributed by atoms with Gasteiger partial charge >= 0.3 is 0 Å². The highest BCUT2D eigenvalue weighted by molar-refractivity contribution is 5.81. The first-order chi connectivity index (χ1) is 12.3. The number of amides is 2. The maximum atomic E-state index is 13.7. The van der Waals surface area contributed by atoms with E-state index in [1.165, 1.54) is 12.1 Å². The number of ether oxygens (including phenoxy) is 2. The van der Waals surface area contributed by atoms with Gasteiger partial charge in [-0.1, -0.05) is 20.8 Å². The Bertz CT molecular complexity index is 656. The molecule has 1 heterocycles. The molecule has 2 amide bonds. The highest BCUT2D eigenvalue weighted by Gasteiger charge is 2.20. The Hall–Kier alpha value is -2.15. The van der Waals surface area contributed by atoms with Gasteiger partial charge < -0.3 is 20.1 Å². The van der Waals surface area contributed by atoms with Crippen LogP contribution < -0.4 is 15.4 Å². The van der Waals surface area contributed by atoms with Crippen LogP contribution in [0.4, 0.5) is 4.39 Å². The number of nitrogens with one attached hydrogen (secondary N) is 2. The minimum Gasteiger partial charge on any atom is -0.467 e. The van der Waals surface area contributed by atoms with Crippen LogP contribution in [0.15, 0.2) is 12.1 Å². The van der Waals surface area contributed by atoms with E-state index >= 15 is 0 Å². The van der Waals surface area contributed by atoms with Crippen molar-refractivity contribution in [3.05, 3.63) is 29.1 Å². The van der Waals surface area contributed by atoms with Gasteiger partial charge in [-0.05, 0) is 30.5 Å². The average molecular weight is 366 g/mol. The van der Waals surface area contributed by atoms with E-state index in [1.807, 2.05) is 20.8 Å². The Morgan fingerprint density at radius 1 is 1.19 bits per heavy atom. The Morgan fingerprint density at radius 3 is 2.69 bits per heavy atom. The van der Waals surface area contributed by atoms with E-state index in [9.17, 15) is 14.0 Å². The van der Waals surface area contributed by atoms with Crippen molar-refractivity contribution in [2.45, 2.75) is 46.6 Å². The number of halogens is 1. The van der Waals surface area contributed by atoms with Crippen LogP contribution in [-0.2, 0) is 27.4 Å². The quantitative estimate of drug-likeness (QED) is 0.726. The number of carbonyl (C=O) groups is 2. The van der Waals surface area contributed by atoms with Gasteiger partial charge in [-0.25, -0.2) is 4.39 Å². The molecule has 0 saturated heterocycles. The van der Waals surface area contributed by atoms with Crippen LogP contribution in [-0.4, -0.2) is 31.7 Å². The molecular weight excluding hydrogens is 339 g/mol. The summed E-state index contributed by atoms with van der Waals surface area (Å²) in [6.45, 7) is 6.87. The van der Waals surface area contributed by atoms with Crippen LogP contribution >= 0.6 is 0 Å². The van der Waals surface area contributed by atoms with Crippen molar-refractivity contribution in [2.75, 3.05) is 19.9 Å². The lowest BCUT2D eigenvalue weighted by Crippen LogP contribution is -2.35. The summed E-state index contributed by atoms with van der Waals surface area (Å²) in [5, 5.41) is 5.63. The number of rotatable bonds is 7. The van der Waals surface area contributed by atoms with E-state index in [4.69, 9.17) is 9.47 Å². The third-order valence-electron chi connectivity index (χ3n) is 4.02. The van der Waals surface area contributed by atoms with Crippen LogP contribution in [0.1, 0.15) is 44.7 Å². The predicted molar refractivity (Wildman–Crippen MR) is 95.1 cm³/mol. The predicted octanol–water partition coefficient (Wildman–Crippen LogP) is 2.29. The van der Waals surface area contributed by atoms with Crippen molar-refractivity contribution in [3.63, 3.8) is 0 Å². The summed E-state index contributed by atoms with van der Waals surface area (Å²) in [6, 6.07) is 2.83. The molecule has 2 rings (SSSR count). The fourth-order valence-electron chi connectivity index (χ4n) is 2.58. The molecule has 0 saturated carbocycles. The van der Waals surface area contributed by atoms with Crippen molar-refractivity contribution in [3.8, 4) is 5.75 Å². The molecule has 0 radical (unpaired) electrons. The van der Waals surface area contributed by atoms with Gasteiger partial charge in [0, 0.05) is 30.5 Å². The van der Waals surface area contributed by atoms with Crippen molar-refractivity contribution >= 4 is 11.8 Å². The summed E-state index contributed by atoms with van der Waals surface area (Å²) in [4.78, 5) is 23.6. The zero-order valence-electron chi connectivity index (χ0n) is 15.6. The van der Waals surface area contributed by atoms with Gasteiger partial charge in [0.05, 0.1) is 6.61 Å². The third-order valence-corrected chi connectivity index (χ3v) is 4.02. The van der Waals surface area contributed by atoms with Gasteiger partial charge in [-0.3, -0.25) is 9.59 Å². The largest absolute Gasteiger partial charge is 0.467 e. The Labute approximate surface area is 153 Å². The Kier molecular flexibility index (Phi) is 6.97. The maximum Gasteiger partial charge on any atom is 0.225 e. The highest BCUT2D eigenvalue weighted by atomic mass is 19.1. The minimum absolute atomic E-state index is 0.0298. The molecule has 2 N–H and O–H groups in total. The molecule has 6 nitrogen and oxygen atoms in total. The van der Waals surface area contributed by atoms with Crippen LogP contribution in [0.3, 0.4) is 0 Å². The third kappa shape index (κ3) is 5.98. The van der Waals surface area contributed by atoms with E-state index in [1.54, 1.807) is 0 Å². The first kappa shape index (κ1) is 20.2. The first-order valence-corrected chi connectivity index (χ1v) is 8.84. The number of hydrogen-bond acceptors (Lipinski definition) is 4. The maximum absolute atomic E-state index is 13.7. The molecule has 26 heavy (non-hydrogen) atoms. The number of benzene rings is 1. The Balaban J connectivity index is 1.71. The summed E-state index contributed by atoms with van der Waals surface area (Å²) >= 11 is 0. The molecular formula is C19H27FN2O4. The van der Waals surface area contributed by atoms with E-state index in [0.29, 0.717) is 50.3 Å². The molecule has 0 aromatic heterocycles. The van der Waals surface area contributed by atoms with Crippen LogP contribution in [0.5, 0.6) is 5.75 Å². The molecule has 0 spiro atoms. The molecule has 1 aromatic rings. The number of hydrogen-bond donors (Lipinski definition) is 2. The van der Waals surface area contributed by atoms with Crippen molar-refractivity contribution in [1.29, 1.82) is 0 Å². The summed E-state index contributed by atoms with van der Waals surface area (Å²) in [5.74, 6) is 0.188. The molecule has 1 aliphatic heterocycles. The zero-order valence-corrected chi connectivity index (χ0v) is 15.6. The van der Waals surface area contributed by atoms with Gasteiger partial charge in [0.1, 0.15) is 11.6 Å². The number of carbonyl (C=O) groups excluding carboxylic acids is 2. The summed E-state index contributed by atoms with van der Waals surface area (Å²) in [6.07, 6.45) is 1.38. The van der Waals surface area contributed by atoms with Gasteiger partial charge in [0.15, 0.2) is 6.79 Å². The van der Waals surface area contributed by atoms with E-state index in [-0.39, 0.29) is 24.4 Å². The first-order valence-electron chi connectivity index (χ1n) is 8.84. The molecule has 144 valence electrons. The zero-order chi connectivity index (χ0) is 19.2. The van der Waals surface area contributed by atoms with Gasteiger partial charge in [-0.2, -0.15) is 0 Å². The lowest BCUT2D eigenvalue weighted by Gasteiger charge is -2.21. The molecule has 0 aliphatic carbocycles.